The van der Waals surface area contributed by atoms with Crippen LogP contribution in [0.1, 0.15) is 43.5 Å². The van der Waals surface area contributed by atoms with Crippen LogP contribution >= 0.6 is 0 Å². The molecule has 1 unspecified atom stereocenters. The third kappa shape index (κ3) is 4.73. The van der Waals surface area contributed by atoms with Gasteiger partial charge in [-0.05, 0) is 38.5 Å². The zero-order chi connectivity index (χ0) is 25.5. The van der Waals surface area contributed by atoms with E-state index in [2.05, 4.69) is 9.71 Å². The standard InChI is InChI=1S/C22H26FN5O6S/c1-13-16-7-6-15(33-21(29)26(3)4)12-18(16)34-22(30)28(13)14(2)17-8-9-24-20(19(17)23)25-35(31,32)27-10-5-11-27/h6-9,12-14H,5,10-11H2,1-4H3,(H,24,25)/t13-,14?/m1/s1. The zero-order valence-corrected chi connectivity index (χ0v) is 20.5. The van der Waals surface area contributed by atoms with Gasteiger partial charge >= 0.3 is 22.4 Å². The van der Waals surface area contributed by atoms with Crippen LogP contribution in [0.5, 0.6) is 11.5 Å². The number of pyridine rings is 1. The van der Waals surface area contributed by atoms with E-state index < -0.39 is 46.1 Å². The van der Waals surface area contributed by atoms with Gasteiger partial charge in [-0.25, -0.2) is 19.0 Å². The number of halogens is 1. The van der Waals surface area contributed by atoms with Crippen molar-refractivity contribution in [2.75, 3.05) is 31.9 Å². The summed E-state index contributed by atoms with van der Waals surface area (Å²) in [6, 6.07) is 4.75. The minimum absolute atomic E-state index is 0.0742. The minimum atomic E-state index is -3.91. The second-order valence-corrected chi connectivity index (χ2v) is 10.2. The average molecular weight is 508 g/mol. The van der Waals surface area contributed by atoms with Gasteiger partial charge in [0.2, 0.25) is 0 Å². The van der Waals surface area contributed by atoms with Gasteiger partial charge in [-0.1, -0.05) is 0 Å². The molecule has 1 saturated heterocycles. The Labute approximate surface area is 202 Å². The largest absolute Gasteiger partial charge is 0.416 e. The normalized spacial score (nSPS) is 18.7. The average Bonchev–Trinajstić information content (AvgIpc) is 2.73. The van der Waals surface area contributed by atoms with Crippen molar-refractivity contribution in [2.45, 2.75) is 32.4 Å². The summed E-state index contributed by atoms with van der Waals surface area (Å²) in [7, 11) is -0.823. The maximum atomic E-state index is 15.3. The molecular formula is C22H26FN5O6S. The lowest BCUT2D eigenvalue weighted by atomic mass is 9.99. The molecule has 1 aromatic heterocycles. The van der Waals surface area contributed by atoms with E-state index in [9.17, 15) is 18.0 Å². The Kier molecular flexibility index (Phi) is 6.56. The number of benzene rings is 1. The van der Waals surface area contributed by atoms with Gasteiger partial charge in [0.15, 0.2) is 11.6 Å². The first-order valence-corrected chi connectivity index (χ1v) is 12.4. The Bertz CT molecular complexity index is 1270. The number of carbonyl (C=O) groups excluding carboxylic acids is 2. The number of hydrogen-bond donors (Lipinski definition) is 1. The van der Waals surface area contributed by atoms with Crippen molar-refractivity contribution < 1.29 is 31.9 Å². The van der Waals surface area contributed by atoms with E-state index in [-0.39, 0.29) is 17.1 Å². The molecule has 0 saturated carbocycles. The summed E-state index contributed by atoms with van der Waals surface area (Å²) in [5, 5.41) is 0. The lowest BCUT2D eigenvalue weighted by Crippen LogP contribution is -2.45. The molecule has 188 valence electrons. The Morgan fingerprint density at radius 2 is 2.03 bits per heavy atom. The van der Waals surface area contributed by atoms with Crippen molar-refractivity contribution in [1.82, 2.24) is 19.1 Å². The number of amides is 2. The summed E-state index contributed by atoms with van der Waals surface area (Å²) < 4.78 is 54.2. The van der Waals surface area contributed by atoms with Crippen molar-refractivity contribution >= 4 is 28.2 Å². The Morgan fingerprint density at radius 3 is 2.66 bits per heavy atom. The maximum Gasteiger partial charge on any atom is 0.416 e. The predicted octanol–water partition coefficient (Wildman–Crippen LogP) is 3.28. The van der Waals surface area contributed by atoms with Gasteiger partial charge in [0.05, 0.1) is 12.1 Å². The van der Waals surface area contributed by atoms with Gasteiger partial charge in [-0.15, -0.1) is 0 Å². The molecule has 0 aliphatic carbocycles. The van der Waals surface area contributed by atoms with Gasteiger partial charge in [0, 0.05) is 50.6 Å². The second kappa shape index (κ2) is 9.30. The highest BCUT2D eigenvalue weighted by Crippen LogP contribution is 2.41. The lowest BCUT2D eigenvalue weighted by molar-refractivity contribution is 0.0980. The van der Waals surface area contributed by atoms with Crippen molar-refractivity contribution in [3.8, 4) is 11.5 Å². The van der Waals surface area contributed by atoms with Crippen molar-refractivity contribution in [2.24, 2.45) is 0 Å². The first-order chi connectivity index (χ1) is 16.5. The number of aromatic nitrogens is 1. The molecule has 1 fully saturated rings. The zero-order valence-electron chi connectivity index (χ0n) is 19.7. The minimum Gasteiger partial charge on any atom is -0.410 e. The van der Waals surface area contributed by atoms with E-state index >= 15 is 4.39 Å². The highest BCUT2D eigenvalue weighted by Gasteiger charge is 2.37. The van der Waals surface area contributed by atoms with E-state index in [4.69, 9.17) is 9.47 Å². The highest BCUT2D eigenvalue weighted by atomic mass is 32.2. The van der Waals surface area contributed by atoms with E-state index in [1.165, 1.54) is 32.4 Å². The quantitative estimate of drug-likeness (QED) is 0.637. The molecule has 2 aliphatic rings. The van der Waals surface area contributed by atoms with E-state index in [1.54, 1.807) is 40.1 Å². The summed E-state index contributed by atoms with van der Waals surface area (Å²) >= 11 is 0. The molecule has 2 aromatic rings. The molecule has 1 N–H and O–H groups in total. The molecule has 2 aliphatic heterocycles. The third-order valence-corrected chi connectivity index (χ3v) is 7.49. The number of anilines is 1. The van der Waals surface area contributed by atoms with E-state index in [1.807, 2.05) is 0 Å². The number of hydrogen-bond acceptors (Lipinski definition) is 7. The Hall–Kier alpha value is -3.45. The van der Waals surface area contributed by atoms with Crippen LogP contribution in [0.25, 0.3) is 0 Å². The number of nitrogens with one attached hydrogen (secondary N) is 1. The monoisotopic (exact) mass is 507 g/mol. The first-order valence-electron chi connectivity index (χ1n) is 10.9. The van der Waals surface area contributed by atoms with Gasteiger partial charge < -0.3 is 14.4 Å². The number of rotatable bonds is 6. The smallest absolute Gasteiger partial charge is 0.410 e. The highest BCUT2D eigenvalue weighted by molar-refractivity contribution is 7.90. The number of fused-ring (bicyclic) bond motifs is 1. The summed E-state index contributed by atoms with van der Waals surface area (Å²) in [5.74, 6) is -0.871. The molecular weight excluding hydrogens is 481 g/mol. The van der Waals surface area contributed by atoms with Gasteiger partial charge in [-0.3, -0.25) is 9.62 Å². The topological polar surface area (TPSA) is 121 Å². The molecule has 11 nitrogen and oxygen atoms in total. The van der Waals surface area contributed by atoms with E-state index in [0.29, 0.717) is 18.7 Å². The first kappa shape index (κ1) is 24.7. The van der Waals surface area contributed by atoms with Crippen LogP contribution in [0.15, 0.2) is 30.5 Å². The van der Waals surface area contributed by atoms with Crippen molar-refractivity contribution in [3.05, 3.63) is 47.4 Å². The summed E-state index contributed by atoms with van der Waals surface area (Å²) in [4.78, 5) is 31.2. The second-order valence-electron chi connectivity index (χ2n) is 8.51. The van der Waals surface area contributed by atoms with Gasteiger partial charge in [-0.2, -0.15) is 12.7 Å². The maximum absolute atomic E-state index is 15.3. The van der Waals surface area contributed by atoms with Crippen LogP contribution in [-0.2, 0) is 10.2 Å². The number of carbonyl (C=O) groups is 2. The molecule has 35 heavy (non-hydrogen) atoms. The van der Waals surface area contributed by atoms with Crippen LogP contribution in [0.2, 0.25) is 0 Å². The Balaban J connectivity index is 1.58. The van der Waals surface area contributed by atoms with Gasteiger partial charge in [0.25, 0.3) is 0 Å². The van der Waals surface area contributed by atoms with Crippen molar-refractivity contribution in [3.63, 3.8) is 0 Å². The summed E-state index contributed by atoms with van der Waals surface area (Å²) in [6.07, 6.45) is 0.711. The fraction of sp³-hybridized carbons (Fsp3) is 0.409. The summed E-state index contributed by atoms with van der Waals surface area (Å²) in [5.41, 5.74) is 0.708. The van der Waals surface area contributed by atoms with Crippen LogP contribution in [0.4, 0.5) is 19.8 Å². The lowest BCUT2D eigenvalue weighted by Gasteiger charge is -2.38. The molecule has 13 heteroatoms. The van der Waals surface area contributed by atoms with Crippen LogP contribution < -0.4 is 14.2 Å². The SMILES string of the molecule is CC(c1ccnc(NS(=O)(=O)N2CCC2)c1F)N1C(=O)Oc2cc(OC(=O)N(C)C)ccc2[C@H]1C. The van der Waals surface area contributed by atoms with Crippen LogP contribution in [0, 0.1) is 5.82 Å². The van der Waals surface area contributed by atoms with E-state index in [0.717, 1.165) is 6.42 Å². The molecule has 1 aromatic carbocycles. The van der Waals surface area contributed by atoms with Crippen molar-refractivity contribution in [1.29, 1.82) is 0 Å². The third-order valence-electron chi connectivity index (χ3n) is 6.00. The van der Waals surface area contributed by atoms with Crippen LogP contribution in [0.3, 0.4) is 0 Å². The Morgan fingerprint density at radius 1 is 1.31 bits per heavy atom. The summed E-state index contributed by atoms with van der Waals surface area (Å²) in [6.45, 7) is 4.09. The fourth-order valence-electron chi connectivity index (χ4n) is 3.87. The molecule has 0 spiro atoms. The molecule has 0 bridgehead atoms. The predicted molar refractivity (Wildman–Crippen MR) is 124 cm³/mol. The molecule has 2 amide bonds. The number of ether oxygens (including phenoxy) is 2. The molecule has 2 atom stereocenters. The molecule has 0 radical (unpaired) electrons. The fourth-order valence-corrected chi connectivity index (χ4v) is 5.12. The molecule has 3 heterocycles. The molecule has 4 rings (SSSR count). The van der Waals surface area contributed by atoms with Gasteiger partial charge in [0.1, 0.15) is 11.5 Å². The van der Waals surface area contributed by atoms with Crippen LogP contribution in [-0.4, -0.2) is 66.9 Å². The number of nitrogens with zero attached hydrogens (tertiary/aromatic N) is 4.